The van der Waals surface area contributed by atoms with E-state index in [1.54, 1.807) is 140 Å². The minimum absolute atomic E-state index is 0.0421. The maximum Gasteiger partial charge on any atom is 0.354 e. The van der Waals surface area contributed by atoms with Gasteiger partial charge in [0.25, 0.3) is 0 Å². The molecule has 40 nitrogen and oxygen atoms in total. The van der Waals surface area contributed by atoms with Crippen LogP contribution in [0.2, 0.25) is 0 Å². The molecule has 0 saturated heterocycles. The first kappa shape index (κ1) is 115. The Kier molecular flexibility index (Phi) is 51.2. The SMILES string of the molecule is COCCOCCOCCOc1cc(COc2cc(-c3ccc(-c4cc(-c5cccc(C(=O)O)n5)nc(-c5cccc(C(=O)O)n5)c4)cc3)c(OCc3cc(OCCOCCOCCOC)c(OCCOCCOCCOC)c(OCCOCCOCCOC)c3)cc2-c2ccc(-c3cc(-c4cccc(C(=O)O)n4)nc(-c4cccc(C(=O)O)n4)c3)cc2)cc(OCCOCCOCCOC)c1OCCOCCOCCOC. The van der Waals surface area contributed by atoms with E-state index in [2.05, 4.69) is 19.9 Å². The van der Waals surface area contributed by atoms with Crippen LogP contribution in [0.3, 0.4) is 0 Å². The molecule has 40 heteroatoms. The quantitative estimate of drug-likeness (QED) is 0.0257. The Bertz CT molecular complexity index is 5260. The van der Waals surface area contributed by atoms with Gasteiger partial charge in [0.05, 0.1) is 244 Å². The van der Waals surface area contributed by atoms with E-state index in [4.69, 9.17) is 133 Å². The van der Waals surface area contributed by atoms with Crippen molar-refractivity contribution >= 4 is 23.9 Å². The molecule has 0 aliphatic carbocycles. The maximum absolute atomic E-state index is 12.5. The number of ether oxygens (including phenoxy) is 26. The molecule has 0 fully saturated rings. The molecule has 6 heterocycles. The number of rotatable bonds is 78. The highest BCUT2D eigenvalue weighted by molar-refractivity contribution is 5.90. The van der Waals surface area contributed by atoms with Crippen molar-refractivity contribution in [3.63, 3.8) is 0 Å². The number of carboxylic acid groups (broad SMARTS) is 4. The predicted octanol–water partition coefficient (Wildman–Crippen LogP) is 13.7. The molecule has 148 heavy (non-hydrogen) atoms. The third-order valence-corrected chi connectivity index (χ3v) is 21.4. The number of benzene rings is 5. The second-order valence-electron chi connectivity index (χ2n) is 31.9. The number of aromatic nitrogens is 6. The van der Waals surface area contributed by atoms with Crippen molar-refractivity contribution < 1.29 is 163 Å². The molecular weight excluding hydrogens is 1930 g/mol. The van der Waals surface area contributed by atoms with Gasteiger partial charge in [-0.05, 0) is 154 Å². The summed E-state index contributed by atoms with van der Waals surface area (Å²) in [4.78, 5) is 77.5. The number of hydrogen-bond acceptors (Lipinski definition) is 36. The van der Waals surface area contributed by atoms with Gasteiger partial charge in [-0.25, -0.2) is 49.1 Å². The van der Waals surface area contributed by atoms with Crippen LogP contribution in [0, 0.1) is 0 Å². The van der Waals surface area contributed by atoms with Gasteiger partial charge in [-0.3, -0.25) is 0 Å². The summed E-state index contributed by atoms with van der Waals surface area (Å²) in [5, 5.41) is 40.7. The molecular formula is C108H128N6O34. The molecule has 0 amide bonds. The summed E-state index contributed by atoms with van der Waals surface area (Å²) in [5.41, 5.74) is 6.45. The van der Waals surface area contributed by atoms with Crippen LogP contribution >= 0.6 is 0 Å². The Hall–Kier alpha value is -13.4. The van der Waals surface area contributed by atoms with E-state index in [0.717, 1.165) is 0 Å². The van der Waals surface area contributed by atoms with E-state index in [9.17, 15) is 39.6 Å². The number of nitrogens with zero attached hydrogens (tertiary/aromatic N) is 6. The fraction of sp³-hybridized carbons (Fsp3) is 0.407. The molecule has 0 aliphatic rings. The van der Waals surface area contributed by atoms with Gasteiger partial charge in [0.1, 0.15) is 87.1 Å². The zero-order valence-electron chi connectivity index (χ0n) is 83.9. The number of hydrogen-bond donors (Lipinski definition) is 4. The lowest BCUT2D eigenvalue weighted by atomic mass is 9.94. The summed E-state index contributed by atoms with van der Waals surface area (Å²) in [6.07, 6.45) is 0. The largest absolute Gasteiger partial charge is 0.488 e. The normalized spacial score (nSPS) is 11.3. The Labute approximate surface area is 858 Å². The first-order valence-electron chi connectivity index (χ1n) is 48.0. The molecule has 11 aromatic rings. The van der Waals surface area contributed by atoms with Crippen LogP contribution in [0.25, 0.3) is 90.1 Å². The highest BCUT2D eigenvalue weighted by Crippen LogP contribution is 2.47. The van der Waals surface area contributed by atoms with Crippen LogP contribution in [-0.2, 0) is 98.5 Å². The molecule has 0 aliphatic heterocycles. The number of carboxylic acids is 4. The van der Waals surface area contributed by atoms with E-state index in [0.29, 0.717) is 186 Å². The summed E-state index contributed by atoms with van der Waals surface area (Å²) in [7, 11) is 9.57. The van der Waals surface area contributed by atoms with Gasteiger partial charge in [-0.2, -0.15) is 0 Å². The van der Waals surface area contributed by atoms with Gasteiger partial charge < -0.3 is 144 Å². The Morgan fingerprint density at radius 3 is 0.615 bits per heavy atom. The molecule has 0 atom stereocenters. The summed E-state index contributed by atoms with van der Waals surface area (Å²) in [6.45, 7) is 9.01. The third kappa shape index (κ3) is 39.0. The van der Waals surface area contributed by atoms with Crippen molar-refractivity contribution in [3.8, 4) is 136 Å². The van der Waals surface area contributed by atoms with Crippen LogP contribution < -0.4 is 37.9 Å². The van der Waals surface area contributed by atoms with Gasteiger partial charge in [0.15, 0.2) is 23.0 Å². The van der Waals surface area contributed by atoms with Gasteiger partial charge >= 0.3 is 23.9 Å². The fourth-order valence-corrected chi connectivity index (χ4v) is 14.1. The maximum atomic E-state index is 12.5. The molecule has 0 saturated carbocycles. The van der Waals surface area contributed by atoms with Crippen molar-refractivity contribution in [2.75, 3.05) is 281 Å². The highest BCUT2D eigenvalue weighted by Gasteiger charge is 2.26. The first-order valence-corrected chi connectivity index (χ1v) is 48.0. The van der Waals surface area contributed by atoms with Crippen LogP contribution in [0.15, 0.2) is 182 Å². The first-order chi connectivity index (χ1) is 72.5. The van der Waals surface area contributed by atoms with Crippen molar-refractivity contribution in [3.05, 3.63) is 216 Å². The van der Waals surface area contributed by atoms with Crippen molar-refractivity contribution in [2.24, 2.45) is 0 Å². The minimum atomic E-state index is -1.27. The number of pyridine rings is 6. The van der Waals surface area contributed by atoms with Crippen molar-refractivity contribution in [2.45, 2.75) is 13.2 Å². The molecule has 5 aromatic carbocycles. The van der Waals surface area contributed by atoms with Crippen LogP contribution in [0.1, 0.15) is 53.1 Å². The summed E-state index contributed by atoms with van der Waals surface area (Å²) < 4.78 is 155. The van der Waals surface area contributed by atoms with Gasteiger partial charge in [-0.15, -0.1) is 0 Å². The Balaban J connectivity index is 1.09. The molecule has 11 rings (SSSR count). The lowest BCUT2D eigenvalue weighted by molar-refractivity contribution is 0.0146. The second kappa shape index (κ2) is 66.0. The minimum Gasteiger partial charge on any atom is -0.488 e. The lowest BCUT2D eigenvalue weighted by Crippen LogP contribution is -2.16. The topological polar surface area (TPSA) is 467 Å². The Morgan fingerprint density at radius 2 is 0.399 bits per heavy atom. The molecule has 0 unspecified atom stereocenters. The summed E-state index contributed by atoms with van der Waals surface area (Å²) in [6, 6.07) is 51.0. The van der Waals surface area contributed by atoms with Crippen molar-refractivity contribution in [1.82, 2.24) is 29.9 Å². The van der Waals surface area contributed by atoms with Crippen LogP contribution in [-0.4, -0.2) is 355 Å². The second-order valence-corrected chi connectivity index (χ2v) is 31.9. The number of methoxy groups -OCH3 is 6. The van der Waals surface area contributed by atoms with Gasteiger partial charge in [0, 0.05) is 53.8 Å². The summed E-state index contributed by atoms with van der Waals surface area (Å²) in [5.74, 6) is -2.92. The van der Waals surface area contributed by atoms with E-state index in [1.165, 1.54) is 24.3 Å². The monoisotopic (exact) mass is 2050 g/mol. The predicted molar refractivity (Wildman–Crippen MR) is 540 cm³/mol. The number of aromatic carboxylic acids is 4. The molecule has 4 N–H and O–H groups in total. The zero-order valence-corrected chi connectivity index (χ0v) is 83.9. The summed E-state index contributed by atoms with van der Waals surface area (Å²) >= 11 is 0. The van der Waals surface area contributed by atoms with E-state index in [1.807, 2.05) is 60.7 Å². The fourth-order valence-electron chi connectivity index (χ4n) is 14.1. The average Bonchev–Trinajstić information content (AvgIpc) is 0.769. The van der Waals surface area contributed by atoms with E-state index < -0.39 is 23.9 Å². The molecule has 0 bridgehead atoms. The molecule has 0 spiro atoms. The van der Waals surface area contributed by atoms with Crippen LogP contribution in [0.5, 0.6) is 46.0 Å². The smallest absolute Gasteiger partial charge is 0.354 e. The third-order valence-electron chi connectivity index (χ3n) is 21.4. The Morgan fingerprint density at radius 1 is 0.196 bits per heavy atom. The van der Waals surface area contributed by atoms with E-state index >= 15 is 0 Å². The standard InChI is InChI=1S/C108H128N6O34/c1-123-27-33-129-39-45-135-51-57-141-99-63-75(64-100(142-58-52-136-46-40-130-34-28-124-2)103(99)145-61-55-139-49-43-133-37-31-127-5)73-147-97-71-84(80-25-21-78(22-26-80)82-69-95(87-13-9-17-91(111-87)107(119)120)114-96(70-82)88-14-10-18-92(112-88)108(121)122)98(72-83(97)79-23-19-77(20-24-79)81-67-93(85-11-7-15-89(109-85)105(115)116)113-94(68-81)86-12-8-16-90(110-86)106(117)118)148-74-76-65-101(143-59-53-137-47-41-131-35-29-125-3)104(146-62-56-140-50-44-134-38-32-128-6)102(66-76)144-60-54-138-48-42-132-36-30-126-4/h7-26,63-72H,27-62,73-74H2,1-6H3,(H,115,116)(H,117,118)(H,119,120)(H,121,122). The average molecular weight is 2050 g/mol. The highest BCUT2D eigenvalue weighted by atomic mass is 16.6. The number of carbonyl (C=O) groups is 4. The molecule has 0 radical (unpaired) electrons. The molecule has 794 valence electrons. The zero-order chi connectivity index (χ0) is 104. The van der Waals surface area contributed by atoms with E-state index in [-0.39, 0.29) is 235 Å². The van der Waals surface area contributed by atoms with Crippen LogP contribution in [0.4, 0.5) is 0 Å². The van der Waals surface area contributed by atoms with Gasteiger partial charge in [0.2, 0.25) is 11.5 Å². The molecule has 6 aromatic heterocycles. The lowest BCUT2D eigenvalue weighted by Gasteiger charge is -2.21. The van der Waals surface area contributed by atoms with Gasteiger partial charge in [-0.1, -0.05) is 72.8 Å². The van der Waals surface area contributed by atoms with Crippen molar-refractivity contribution in [1.29, 1.82) is 0 Å².